The average Bonchev–Trinajstić information content (AvgIpc) is 2.20. The van der Waals surface area contributed by atoms with Crippen LogP contribution < -0.4 is 0 Å². The molecule has 1 nitrogen and oxygen atoms in total. The zero-order valence-electron chi connectivity index (χ0n) is 9.86. The predicted octanol–water partition coefficient (Wildman–Crippen LogP) is 4.20. The molecule has 0 unspecified atom stereocenters. The first-order chi connectivity index (χ1) is 6.24. The maximum absolute atomic E-state index is 6.20. The van der Waals surface area contributed by atoms with Gasteiger partial charge in [-0.15, -0.1) is 0 Å². The van der Waals surface area contributed by atoms with Crippen LogP contribution in [0.3, 0.4) is 0 Å². The van der Waals surface area contributed by atoms with Crippen molar-refractivity contribution >= 4 is 21.6 Å². The fourth-order valence-corrected chi connectivity index (χ4v) is 12.2. The van der Waals surface area contributed by atoms with Gasteiger partial charge in [-0.05, 0) is 0 Å². The molecule has 0 bridgehead atoms. The molecule has 13 heavy (non-hydrogen) atoms. The first-order valence-electron chi connectivity index (χ1n) is 5.88. The Labute approximate surface area is 89.6 Å². The summed E-state index contributed by atoms with van der Waals surface area (Å²) in [6, 6.07) is 0. The van der Waals surface area contributed by atoms with E-state index in [-0.39, 0.29) is 0 Å². The third-order valence-corrected chi connectivity index (χ3v) is 21.3. The monoisotopic (exact) mass is 382 g/mol. The van der Waals surface area contributed by atoms with Crippen LogP contribution in [-0.2, 0) is 2.69 Å². The van der Waals surface area contributed by atoms with E-state index in [1.54, 1.807) is 0 Å². The molecular formula is C11H26OPb. The van der Waals surface area contributed by atoms with Gasteiger partial charge < -0.3 is 0 Å². The van der Waals surface area contributed by atoms with Crippen molar-refractivity contribution in [1.29, 1.82) is 0 Å². The minimum absolute atomic E-state index is 1.05. The SMILES string of the molecule is CCCCC[O][Pb]([CH2]C)([CH2]C)[CH2]C. The summed E-state index contributed by atoms with van der Waals surface area (Å²) in [6.45, 7) is 10.3. The van der Waals surface area contributed by atoms with Crippen LogP contribution in [0.1, 0.15) is 47.0 Å². The summed E-state index contributed by atoms with van der Waals surface area (Å²) in [5, 5.41) is 0. The molecule has 0 radical (unpaired) electrons. The van der Waals surface area contributed by atoms with Crippen LogP contribution in [0, 0.1) is 0 Å². The van der Waals surface area contributed by atoms with Crippen molar-refractivity contribution in [2.75, 3.05) is 6.61 Å². The van der Waals surface area contributed by atoms with E-state index in [1.165, 1.54) is 31.2 Å². The van der Waals surface area contributed by atoms with Crippen LogP contribution >= 0.6 is 0 Å². The van der Waals surface area contributed by atoms with Gasteiger partial charge in [-0.25, -0.2) is 0 Å². The fraction of sp³-hybridized carbons (Fsp3) is 1.00. The molecule has 0 amide bonds. The van der Waals surface area contributed by atoms with Crippen molar-refractivity contribution < 1.29 is 2.69 Å². The van der Waals surface area contributed by atoms with Gasteiger partial charge in [0.15, 0.2) is 0 Å². The Kier molecular flexibility index (Phi) is 8.77. The van der Waals surface area contributed by atoms with Crippen molar-refractivity contribution in [2.45, 2.75) is 58.9 Å². The third-order valence-electron chi connectivity index (χ3n) is 3.09. The second kappa shape index (κ2) is 8.21. The Hall–Kier alpha value is 0.882. The van der Waals surface area contributed by atoms with Crippen LogP contribution in [0.15, 0.2) is 0 Å². The minimum atomic E-state index is -2.13. The van der Waals surface area contributed by atoms with Gasteiger partial charge in [0.25, 0.3) is 0 Å². The van der Waals surface area contributed by atoms with E-state index in [4.69, 9.17) is 2.69 Å². The van der Waals surface area contributed by atoms with Crippen molar-refractivity contribution in [1.82, 2.24) is 0 Å². The van der Waals surface area contributed by atoms with Crippen LogP contribution in [0.4, 0.5) is 0 Å². The molecule has 80 valence electrons. The molecule has 0 fully saturated rings. The van der Waals surface area contributed by atoms with E-state index < -0.39 is 21.6 Å². The second-order valence-electron chi connectivity index (χ2n) is 3.80. The van der Waals surface area contributed by atoms with E-state index in [1.807, 2.05) is 0 Å². The molecule has 0 N–H and O–H groups in total. The summed E-state index contributed by atoms with van der Waals surface area (Å²) in [5.41, 5.74) is 0. The fourth-order valence-electron chi connectivity index (χ4n) is 1.70. The molecule has 0 aliphatic rings. The van der Waals surface area contributed by atoms with E-state index >= 15 is 0 Å². The van der Waals surface area contributed by atoms with Crippen molar-refractivity contribution in [2.24, 2.45) is 0 Å². The van der Waals surface area contributed by atoms with Crippen LogP contribution in [0.5, 0.6) is 0 Å². The first kappa shape index (κ1) is 13.9. The van der Waals surface area contributed by atoms with Crippen molar-refractivity contribution in [3.05, 3.63) is 0 Å². The number of hydrogen-bond donors (Lipinski definition) is 0. The van der Waals surface area contributed by atoms with Crippen molar-refractivity contribution in [3.8, 4) is 0 Å². The predicted molar refractivity (Wildman–Crippen MR) is 62.7 cm³/mol. The molecule has 0 saturated carbocycles. The van der Waals surface area contributed by atoms with Crippen molar-refractivity contribution in [3.63, 3.8) is 0 Å². The quantitative estimate of drug-likeness (QED) is 0.452. The molecule has 0 spiro atoms. The van der Waals surface area contributed by atoms with E-state index in [0.29, 0.717) is 0 Å². The van der Waals surface area contributed by atoms with Gasteiger partial charge in [0.2, 0.25) is 0 Å². The van der Waals surface area contributed by atoms with Gasteiger partial charge in [-0.3, -0.25) is 0 Å². The first-order valence-corrected chi connectivity index (χ1v) is 15.7. The molecule has 0 rings (SSSR count). The number of rotatable bonds is 8. The zero-order valence-corrected chi connectivity index (χ0v) is 13.7. The molecule has 0 saturated heterocycles. The van der Waals surface area contributed by atoms with Gasteiger partial charge >= 0.3 is 89.8 Å². The molecule has 0 aromatic rings. The average molecular weight is 382 g/mol. The van der Waals surface area contributed by atoms with Gasteiger partial charge in [0, 0.05) is 0 Å². The van der Waals surface area contributed by atoms with Crippen LogP contribution in [-0.4, -0.2) is 28.2 Å². The Balaban J connectivity index is 3.68. The Morgan fingerprint density at radius 3 is 1.77 bits per heavy atom. The van der Waals surface area contributed by atoms with Crippen LogP contribution in [0.2, 0.25) is 11.9 Å². The number of unbranched alkanes of at least 4 members (excludes halogenated alkanes) is 2. The topological polar surface area (TPSA) is 9.23 Å². The summed E-state index contributed by atoms with van der Waals surface area (Å²) in [6.07, 6.45) is 3.91. The van der Waals surface area contributed by atoms with Gasteiger partial charge in [-0.1, -0.05) is 0 Å². The van der Waals surface area contributed by atoms with Gasteiger partial charge in [0.1, 0.15) is 0 Å². The Morgan fingerprint density at radius 1 is 0.846 bits per heavy atom. The molecule has 2 heteroatoms. The summed E-state index contributed by atoms with van der Waals surface area (Å²) in [7, 11) is 0. The Bertz CT molecular complexity index is 102. The molecule has 0 aromatic heterocycles. The normalized spacial score (nSPS) is 12.0. The maximum atomic E-state index is 6.20. The molecule has 0 aliphatic carbocycles. The van der Waals surface area contributed by atoms with Gasteiger partial charge in [0.05, 0.1) is 0 Å². The van der Waals surface area contributed by atoms with E-state index in [0.717, 1.165) is 6.61 Å². The standard InChI is InChI=1S/C5H11O.3C2H5.Pb/c1-2-3-4-5-6;3*1-2;/h2-5H2,1H3;3*1H2,2H3;/q-1;;;;+1. The summed E-state index contributed by atoms with van der Waals surface area (Å²) < 4.78 is 10.3. The third kappa shape index (κ3) is 5.35. The molecule has 0 atom stereocenters. The second-order valence-corrected chi connectivity index (χ2v) is 22.4. The molecule has 0 aromatic carbocycles. The summed E-state index contributed by atoms with van der Waals surface area (Å²) in [5.74, 6) is 0. The Morgan fingerprint density at radius 2 is 1.38 bits per heavy atom. The zero-order chi connectivity index (χ0) is 10.2. The summed E-state index contributed by atoms with van der Waals surface area (Å²) in [4.78, 5) is 0. The number of hydrogen-bond acceptors (Lipinski definition) is 1. The molecular weight excluding hydrogens is 355 g/mol. The molecule has 0 aliphatic heterocycles. The van der Waals surface area contributed by atoms with Crippen LogP contribution in [0.25, 0.3) is 0 Å². The molecule has 0 heterocycles. The van der Waals surface area contributed by atoms with Gasteiger partial charge in [-0.2, -0.15) is 0 Å². The van der Waals surface area contributed by atoms with E-state index in [9.17, 15) is 0 Å². The summed E-state index contributed by atoms with van der Waals surface area (Å²) >= 11 is -2.13. The van der Waals surface area contributed by atoms with E-state index in [2.05, 4.69) is 27.7 Å².